The van der Waals surface area contributed by atoms with Gasteiger partial charge in [-0.1, -0.05) is 49.4 Å². The number of nitriles is 2. The van der Waals surface area contributed by atoms with E-state index in [1.54, 1.807) is 6.08 Å². The lowest BCUT2D eigenvalue weighted by Gasteiger charge is -2.03. The van der Waals surface area contributed by atoms with E-state index in [0.29, 0.717) is 14.9 Å². The summed E-state index contributed by atoms with van der Waals surface area (Å²) in [7, 11) is 0. The highest BCUT2D eigenvalue weighted by atomic mass is 32.1. The van der Waals surface area contributed by atoms with Crippen LogP contribution in [0.1, 0.15) is 18.1 Å². The molecule has 5 heteroatoms. The average Bonchev–Trinajstić information content (AvgIpc) is 3.00. The van der Waals surface area contributed by atoms with E-state index >= 15 is 0 Å². The number of rotatable bonds is 3. The molecule has 0 amide bonds. The minimum absolute atomic E-state index is 0.0700. The van der Waals surface area contributed by atoms with E-state index in [4.69, 9.17) is 0 Å². The lowest BCUT2D eigenvalue weighted by atomic mass is 10.1. The van der Waals surface area contributed by atoms with Gasteiger partial charge in [-0.05, 0) is 35.8 Å². The Morgan fingerprint density at radius 1 is 1.08 bits per heavy atom. The second-order valence-corrected chi connectivity index (χ2v) is 6.62. The molecule has 4 nitrogen and oxygen atoms in total. The van der Waals surface area contributed by atoms with Gasteiger partial charge in [0.1, 0.15) is 16.8 Å². The molecule has 26 heavy (non-hydrogen) atoms. The van der Waals surface area contributed by atoms with Gasteiger partial charge in [-0.15, -0.1) is 11.3 Å². The molecular weight excluding hydrogens is 342 g/mol. The van der Waals surface area contributed by atoms with Crippen LogP contribution in [0.15, 0.2) is 59.4 Å². The van der Waals surface area contributed by atoms with E-state index in [0.717, 1.165) is 28.9 Å². The maximum absolute atomic E-state index is 13.0. The maximum Gasteiger partial charge on any atom is 0.273 e. The van der Waals surface area contributed by atoms with Crippen LogP contribution >= 0.6 is 11.3 Å². The van der Waals surface area contributed by atoms with E-state index in [1.807, 2.05) is 66.7 Å². The van der Waals surface area contributed by atoms with Crippen molar-refractivity contribution in [3.05, 3.63) is 85.3 Å². The summed E-state index contributed by atoms with van der Waals surface area (Å²) in [5, 5.41) is 18.6. The van der Waals surface area contributed by atoms with Crippen LogP contribution in [-0.2, 0) is 6.42 Å². The highest BCUT2D eigenvalue weighted by molar-refractivity contribution is 7.07. The second kappa shape index (κ2) is 7.65. The van der Waals surface area contributed by atoms with E-state index in [2.05, 4.69) is 6.92 Å². The molecule has 0 saturated heterocycles. The van der Waals surface area contributed by atoms with Crippen molar-refractivity contribution in [2.75, 3.05) is 0 Å². The first-order valence-corrected chi connectivity index (χ1v) is 8.92. The lowest BCUT2D eigenvalue weighted by Crippen LogP contribution is -2.30. The molecule has 0 aliphatic carbocycles. The Morgan fingerprint density at radius 3 is 2.31 bits per heavy atom. The fourth-order valence-electron chi connectivity index (χ4n) is 2.59. The monoisotopic (exact) mass is 357 g/mol. The second-order valence-electron chi connectivity index (χ2n) is 5.59. The molecule has 1 heterocycles. The van der Waals surface area contributed by atoms with Crippen LogP contribution in [0.2, 0.25) is 0 Å². The molecule has 0 aliphatic heterocycles. The summed E-state index contributed by atoms with van der Waals surface area (Å²) in [6, 6.07) is 20.9. The Labute approximate surface area is 154 Å². The number of aromatic nitrogens is 1. The van der Waals surface area contributed by atoms with Crippen molar-refractivity contribution in [3.8, 4) is 17.8 Å². The molecule has 3 aromatic rings. The third-order valence-corrected chi connectivity index (χ3v) is 5.05. The minimum Gasteiger partial charge on any atom is -0.267 e. The average molecular weight is 357 g/mol. The number of nitrogens with zero attached hydrogens (tertiary/aromatic N) is 3. The smallest absolute Gasteiger partial charge is 0.267 e. The first kappa shape index (κ1) is 17.4. The van der Waals surface area contributed by atoms with Crippen molar-refractivity contribution >= 4 is 23.0 Å². The lowest BCUT2D eigenvalue weighted by molar-refractivity contribution is 0.983. The van der Waals surface area contributed by atoms with Gasteiger partial charge in [-0.2, -0.15) is 10.5 Å². The standard InChI is InChI=1S/C21H15N3OS/c1-2-15-8-10-18(11-9-15)24-20(25)19(12-16-6-4-3-5-7-16)26-21(24)17(13-22)14-23/h3-12H,2H2,1H3/b19-12+. The Kier molecular flexibility index (Phi) is 5.12. The first-order valence-electron chi connectivity index (χ1n) is 8.10. The van der Waals surface area contributed by atoms with Crippen molar-refractivity contribution in [1.82, 2.24) is 4.57 Å². The van der Waals surface area contributed by atoms with Gasteiger partial charge >= 0.3 is 0 Å². The van der Waals surface area contributed by atoms with E-state index < -0.39 is 0 Å². The summed E-state index contributed by atoms with van der Waals surface area (Å²) in [6.45, 7) is 2.06. The molecule has 0 unspecified atom stereocenters. The summed E-state index contributed by atoms with van der Waals surface area (Å²) in [6.07, 6.45) is 2.67. The van der Waals surface area contributed by atoms with Crippen molar-refractivity contribution in [2.24, 2.45) is 0 Å². The van der Waals surface area contributed by atoms with Gasteiger partial charge in [0.2, 0.25) is 0 Å². The number of hydrogen-bond acceptors (Lipinski definition) is 4. The van der Waals surface area contributed by atoms with Crippen LogP contribution < -0.4 is 14.8 Å². The molecule has 0 spiro atoms. The predicted molar refractivity (Wildman–Crippen MR) is 103 cm³/mol. The Balaban J connectivity index is 2.35. The van der Waals surface area contributed by atoms with Gasteiger partial charge in [-0.25, -0.2) is 0 Å². The van der Waals surface area contributed by atoms with Crippen LogP contribution in [0.4, 0.5) is 0 Å². The molecular formula is C21H15N3OS. The highest BCUT2D eigenvalue weighted by Gasteiger charge is 2.11. The summed E-state index contributed by atoms with van der Waals surface area (Å²) in [5.41, 5.74) is 2.38. The van der Waals surface area contributed by atoms with Crippen LogP contribution in [0.5, 0.6) is 0 Å². The number of hydrogen-bond donors (Lipinski definition) is 0. The normalized spacial score (nSPS) is 11.0. The Morgan fingerprint density at radius 2 is 1.73 bits per heavy atom. The van der Waals surface area contributed by atoms with E-state index in [-0.39, 0.29) is 11.1 Å². The molecule has 126 valence electrons. The molecule has 0 N–H and O–H groups in total. The van der Waals surface area contributed by atoms with Gasteiger partial charge in [-0.3, -0.25) is 9.36 Å². The van der Waals surface area contributed by atoms with Crippen LogP contribution in [0.3, 0.4) is 0 Å². The van der Waals surface area contributed by atoms with Crippen molar-refractivity contribution in [2.45, 2.75) is 13.3 Å². The fraction of sp³-hybridized carbons (Fsp3) is 0.0952. The molecule has 2 aromatic carbocycles. The van der Waals surface area contributed by atoms with E-state index in [9.17, 15) is 15.3 Å². The zero-order valence-electron chi connectivity index (χ0n) is 14.1. The maximum atomic E-state index is 13.0. The molecule has 0 radical (unpaired) electrons. The summed E-state index contributed by atoms with van der Waals surface area (Å²) in [5.74, 6) is 0. The summed E-state index contributed by atoms with van der Waals surface area (Å²) in [4.78, 5) is 13.0. The largest absolute Gasteiger partial charge is 0.273 e. The third kappa shape index (κ3) is 3.35. The SMILES string of the molecule is CCc1ccc(-n2c(=C(C#N)C#N)s/c(=C/c3ccccc3)c2=O)cc1. The highest BCUT2D eigenvalue weighted by Crippen LogP contribution is 2.08. The number of aryl methyl sites for hydroxylation is 1. The molecule has 0 bridgehead atoms. The van der Waals surface area contributed by atoms with Gasteiger partial charge in [0, 0.05) is 0 Å². The molecule has 0 aliphatic rings. The summed E-state index contributed by atoms with van der Waals surface area (Å²) >= 11 is 1.16. The number of thiazole rings is 1. The quantitative estimate of drug-likeness (QED) is 0.723. The zero-order chi connectivity index (χ0) is 18.5. The van der Waals surface area contributed by atoms with Crippen molar-refractivity contribution < 1.29 is 0 Å². The molecule has 3 rings (SSSR count). The molecule has 0 fully saturated rings. The first-order chi connectivity index (χ1) is 12.7. The van der Waals surface area contributed by atoms with Crippen molar-refractivity contribution in [3.63, 3.8) is 0 Å². The molecule has 0 saturated carbocycles. The molecule has 0 atom stereocenters. The molecule has 1 aromatic heterocycles. The Hall–Kier alpha value is -3.41. The van der Waals surface area contributed by atoms with Gasteiger partial charge in [0.05, 0.1) is 10.2 Å². The summed E-state index contributed by atoms with van der Waals surface area (Å²) < 4.78 is 2.28. The fourth-order valence-corrected chi connectivity index (χ4v) is 3.64. The van der Waals surface area contributed by atoms with Gasteiger partial charge < -0.3 is 0 Å². The van der Waals surface area contributed by atoms with Crippen molar-refractivity contribution in [1.29, 1.82) is 10.5 Å². The topological polar surface area (TPSA) is 69.6 Å². The minimum atomic E-state index is -0.235. The van der Waals surface area contributed by atoms with Crippen LogP contribution in [-0.4, -0.2) is 4.57 Å². The van der Waals surface area contributed by atoms with Crippen LogP contribution in [0, 0.1) is 22.7 Å². The predicted octanol–water partition coefficient (Wildman–Crippen LogP) is 2.49. The zero-order valence-corrected chi connectivity index (χ0v) is 15.0. The third-order valence-electron chi connectivity index (χ3n) is 3.96. The van der Waals surface area contributed by atoms with Gasteiger partial charge in [0.25, 0.3) is 5.56 Å². The number of benzene rings is 2. The Bertz CT molecular complexity index is 1170. The van der Waals surface area contributed by atoms with Crippen LogP contribution in [0.25, 0.3) is 17.3 Å². The van der Waals surface area contributed by atoms with E-state index in [1.165, 1.54) is 4.57 Å². The van der Waals surface area contributed by atoms with Gasteiger partial charge in [0.15, 0.2) is 5.57 Å².